The minimum Gasteiger partial charge on any atom is -0.333 e. The van der Waals surface area contributed by atoms with Crippen molar-refractivity contribution in [2.75, 3.05) is 0 Å². The molecule has 2 rings (SSSR count). The van der Waals surface area contributed by atoms with Gasteiger partial charge in [-0.05, 0) is 30.7 Å². The van der Waals surface area contributed by atoms with Crippen molar-refractivity contribution in [3.63, 3.8) is 0 Å². The van der Waals surface area contributed by atoms with E-state index in [1.807, 2.05) is 35.9 Å². The van der Waals surface area contributed by atoms with Crippen molar-refractivity contribution in [1.82, 2.24) is 9.55 Å². The van der Waals surface area contributed by atoms with E-state index in [-0.39, 0.29) is 0 Å². The van der Waals surface area contributed by atoms with Crippen LogP contribution in [0.4, 0.5) is 0 Å². The SMILES string of the molecule is Cc1cccnc1Cn1cccc1C#N. The molecule has 0 radical (unpaired) electrons. The summed E-state index contributed by atoms with van der Waals surface area (Å²) >= 11 is 0. The minimum atomic E-state index is 0.655. The Balaban J connectivity index is 2.31. The quantitative estimate of drug-likeness (QED) is 0.739. The van der Waals surface area contributed by atoms with Crippen LogP contribution < -0.4 is 0 Å². The molecule has 15 heavy (non-hydrogen) atoms. The maximum absolute atomic E-state index is 8.86. The van der Waals surface area contributed by atoms with E-state index in [0.29, 0.717) is 12.2 Å². The first-order chi connectivity index (χ1) is 7.31. The van der Waals surface area contributed by atoms with Crippen LogP contribution in [0.15, 0.2) is 36.7 Å². The predicted molar refractivity (Wildman–Crippen MR) is 57.2 cm³/mol. The molecule has 0 aliphatic heterocycles. The highest BCUT2D eigenvalue weighted by Gasteiger charge is 2.03. The summed E-state index contributed by atoms with van der Waals surface area (Å²) in [4.78, 5) is 4.30. The first-order valence-electron chi connectivity index (χ1n) is 4.77. The van der Waals surface area contributed by atoms with Crippen LogP contribution in [0.5, 0.6) is 0 Å². The molecule has 0 fully saturated rings. The van der Waals surface area contributed by atoms with Crippen molar-refractivity contribution in [3.05, 3.63) is 53.6 Å². The van der Waals surface area contributed by atoms with E-state index in [0.717, 1.165) is 11.3 Å². The van der Waals surface area contributed by atoms with Crippen LogP contribution in [-0.4, -0.2) is 9.55 Å². The predicted octanol–water partition coefficient (Wildman–Crippen LogP) is 2.11. The van der Waals surface area contributed by atoms with E-state index in [4.69, 9.17) is 5.26 Å². The minimum absolute atomic E-state index is 0.655. The maximum Gasteiger partial charge on any atom is 0.120 e. The number of hydrogen-bond donors (Lipinski definition) is 0. The summed E-state index contributed by atoms with van der Waals surface area (Å²) in [5.74, 6) is 0. The van der Waals surface area contributed by atoms with Crippen molar-refractivity contribution < 1.29 is 0 Å². The van der Waals surface area contributed by atoms with Crippen LogP contribution in [-0.2, 0) is 6.54 Å². The average molecular weight is 197 g/mol. The number of pyridine rings is 1. The molecule has 0 N–H and O–H groups in total. The average Bonchev–Trinajstić information content (AvgIpc) is 2.69. The number of aryl methyl sites for hydroxylation is 1. The number of hydrogen-bond acceptors (Lipinski definition) is 2. The second-order valence-corrected chi connectivity index (χ2v) is 3.40. The summed E-state index contributed by atoms with van der Waals surface area (Å²) in [5.41, 5.74) is 2.82. The third kappa shape index (κ3) is 1.89. The van der Waals surface area contributed by atoms with Crippen molar-refractivity contribution in [2.45, 2.75) is 13.5 Å². The fraction of sp³-hybridized carbons (Fsp3) is 0.167. The Morgan fingerprint density at radius 3 is 3.00 bits per heavy atom. The normalized spacial score (nSPS) is 9.87. The van der Waals surface area contributed by atoms with E-state index >= 15 is 0 Å². The van der Waals surface area contributed by atoms with E-state index < -0.39 is 0 Å². The third-order valence-electron chi connectivity index (χ3n) is 2.38. The lowest BCUT2D eigenvalue weighted by atomic mass is 10.2. The zero-order chi connectivity index (χ0) is 10.7. The van der Waals surface area contributed by atoms with Gasteiger partial charge in [0, 0.05) is 12.4 Å². The van der Waals surface area contributed by atoms with Crippen molar-refractivity contribution in [1.29, 1.82) is 5.26 Å². The Morgan fingerprint density at radius 1 is 1.40 bits per heavy atom. The van der Waals surface area contributed by atoms with E-state index in [9.17, 15) is 0 Å². The first kappa shape index (κ1) is 9.47. The van der Waals surface area contributed by atoms with Gasteiger partial charge in [0.2, 0.25) is 0 Å². The Morgan fingerprint density at radius 2 is 2.27 bits per heavy atom. The Kier molecular flexibility index (Phi) is 2.51. The number of aromatic nitrogens is 2. The Hall–Kier alpha value is -2.08. The lowest BCUT2D eigenvalue weighted by Crippen LogP contribution is -2.04. The molecule has 2 heterocycles. The van der Waals surface area contributed by atoms with Crippen LogP contribution in [0.25, 0.3) is 0 Å². The van der Waals surface area contributed by atoms with Gasteiger partial charge >= 0.3 is 0 Å². The van der Waals surface area contributed by atoms with Gasteiger partial charge in [0.05, 0.1) is 12.2 Å². The van der Waals surface area contributed by atoms with E-state index in [1.54, 1.807) is 12.3 Å². The Labute approximate surface area is 88.6 Å². The maximum atomic E-state index is 8.86. The zero-order valence-corrected chi connectivity index (χ0v) is 8.51. The molecule has 0 bridgehead atoms. The fourth-order valence-corrected chi connectivity index (χ4v) is 1.50. The first-order valence-corrected chi connectivity index (χ1v) is 4.77. The highest BCUT2D eigenvalue weighted by Crippen LogP contribution is 2.08. The highest BCUT2D eigenvalue weighted by molar-refractivity contribution is 5.25. The topological polar surface area (TPSA) is 41.6 Å². The van der Waals surface area contributed by atoms with Gasteiger partial charge in [-0.15, -0.1) is 0 Å². The van der Waals surface area contributed by atoms with Crippen LogP contribution in [0.1, 0.15) is 17.0 Å². The Bertz CT molecular complexity index is 506. The number of nitrogens with zero attached hydrogens (tertiary/aromatic N) is 3. The standard InChI is InChI=1S/C12H11N3/c1-10-4-2-6-14-12(10)9-15-7-3-5-11(15)8-13/h2-7H,9H2,1H3. The summed E-state index contributed by atoms with van der Waals surface area (Å²) in [6.07, 6.45) is 3.67. The van der Waals surface area contributed by atoms with Gasteiger partial charge in [-0.2, -0.15) is 5.26 Å². The molecule has 2 aromatic heterocycles. The van der Waals surface area contributed by atoms with Crippen LogP contribution >= 0.6 is 0 Å². The van der Waals surface area contributed by atoms with Gasteiger partial charge in [-0.25, -0.2) is 0 Å². The molecule has 0 aliphatic rings. The summed E-state index contributed by atoms with van der Waals surface area (Å²) < 4.78 is 1.90. The van der Waals surface area contributed by atoms with E-state index in [2.05, 4.69) is 11.1 Å². The molecule has 0 atom stereocenters. The molecule has 0 unspecified atom stereocenters. The van der Waals surface area contributed by atoms with Gasteiger partial charge in [-0.3, -0.25) is 4.98 Å². The smallest absolute Gasteiger partial charge is 0.120 e. The summed E-state index contributed by atoms with van der Waals surface area (Å²) in [6.45, 7) is 2.68. The van der Waals surface area contributed by atoms with Crippen LogP contribution in [0, 0.1) is 18.3 Å². The largest absolute Gasteiger partial charge is 0.333 e. The molecular formula is C12H11N3. The molecule has 0 saturated heterocycles. The van der Waals surface area contributed by atoms with E-state index in [1.165, 1.54) is 0 Å². The molecule has 0 aromatic carbocycles. The van der Waals surface area contributed by atoms with Gasteiger partial charge in [-0.1, -0.05) is 6.07 Å². The lowest BCUT2D eigenvalue weighted by Gasteiger charge is -2.06. The third-order valence-corrected chi connectivity index (χ3v) is 2.38. The highest BCUT2D eigenvalue weighted by atomic mass is 15.0. The fourth-order valence-electron chi connectivity index (χ4n) is 1.50. The molecule has 0 aliphatic carbocycles. The molecule has 2 aromatic rings. The van der Waals surface area contributed by atoms with Crippen LogP contribution in [0.3, 0.4) is 0 Å². The lowest BCUT2D eigenvalue weighted by molar-refractivity contribution is 0.763. The molecule has 0 amide bonds. The molecular weight excluding hydrogens is 186 g/mol. The molecule has 3 nitrogen and oxygen atoms in total. The summed E-state index contributed by atoms with van der Waals surface area (Å²) in [7, 11) is 0. The van der Waals surface area contributed by atoms with Crippen LogP contribution in [0.2, 0.25) is 0 Å². The molecule has 0 saturated carbocycles. The van der Waals surface area contributed by atoms with Gasteiger partial charge in [0.25, 0.3) is 0 Å². The van der Waals surface area contributed by atoms with Crippen molar-refractivity contribution in [3.8, 4) is 6.07 Å². The van der Waals surface area contributed by atoms with Gasteiger partial charge in [0.15, 0.2) is 0 Å². The molecule has 0 spiro atoms. The summed E-state index contributed by atoms with van der Waals surface area (Å²) in [5, 5.41) is 8.86. The van der Waals surface area contributed by atoms with Gasteiger partial charge < -0.3 is 4.57 Å². The second kappa shape index (κ2) is 3.97. The number of nitriles is 1. The summed E-state index contributed by atoms with van der Waals surface area (Å²) in [6, 6.07) is 9.77. The monoisotopic (exact) mass is 197 g/mol. The second-order valence-electron chi connectivity index (χ2n) is 3.40. The molecule has 74 valence electrons. The van der Waals surface area contributed by atoms with Crippen molar-refractivity contribution in [2.24, 2.45) is 0 Å². The molecule has 3 heteroatoms. The van der Waals surface area contributed by atoms with Gasteiger partial charge in [0.1, 0.15) is 11.8 Å². The van der Waals surface area contributed by atoms with Crippen molar-refractivity contribution >= 4 is 0 Å². The number of rotatable bonds is 2. The zero-order valence-electron chi connectivity index (χ0n) is 8.51.